The molecule has 2 N–H and O–H groups in total. The molecule has 4 aliphatic rings. The van der Waals surface area contributed by atoms with Crippen molar-refractivity contribution in [2.24, 2.45) is 33.9 Å². The summed E-state index contributed by atoms with van der Waals surface area (Å²) in [4.78, 5) is 62.6. The third-order valence-electron chi connectivity index (χ3n) is 12.4. The SMILES string of the molecule is Cc1ccc(NN2C(=O)[C@@H]3C[C@@H]4C(=CC[C@@H]5C(=O)N(c6ccc(N=Nc7ccc(N(C)C)cc7)cc6)C(=O)[C@@H]54)[C@H](c4cc(Br)ccc4O)[C@]3(c3ccccc3)C2=O)cc1. The fraction of sp³-hybridized carbons (Fsp3) is 0.234. The summed E-state index contributed by atoms with van der Waals surface area (Å²) in [7, 11) is 3.93. The molecule has 9 rings (SSSR count). The second-order valence-corrected chi connectivity index (χ2v) is 16.8. The summed E-state index contributed by atoms with van der Waals surface area (Å²) >= 11 is 3.59. The third-order valence-corrected chi connectivity index (χ3v) is 12.9. The van der Waals surface area contributed by atoms with Crippen LogP contribution in [-0.2, 0) is 24.6 Å². The maximum atomic E-state index is 15.3. The van der Waals surface area contributed by atoms with E-state index in [1.807, 2.05) is 111 Å². The molecule has 2 saturated heterocycles. The Balaban J connectivity index is 1.10. The summed E-state index contributed by atoms with van der Waals surface area (Å²) in [6.45, 7) is 1.96. The summed E-state index contributed by atoms with van der Waals surface area (Å²) < 4.78 is 0.677. The first-order chi connectivity index (χ1) is 28.5. The monoisotopic (exact) mass is 848 g/mol. The van der Waals surface area contributed by atoms with Crippen molar-refractivity contribution in [3.05, 3.63) is 154 Å². The molecule has 5 aromatic carbocycles. The van der Waals surface area contributed by atoms with Gasteiger partial charge in [-0.2, -0.15) is 15.2 Å². The summed E-state index contributed by atoms with van der Waals surface area (Å²) in [6.07, 6.45) is 2.38. The number of rotatable bonds is 8. The number of hydrazine groups is 1. The maximum Gasteiger partial charge on any atom is 0.260 e. The molecular formula is C47H41BrN6O5. The molecule has 6 atom stereocenters. The molecule has 0 unspecified atom stereocenters. The van der Waals surface area contributed by atoms with Crippen molar-refractivity contribution in [3.8, 4) is 5.75 Å². The highest BCUT2D eigenvalue weighted by Crippen LogP contribution is 2.65. The Bertz CT molecular complexity index is 2560. The number of anilines is 3. The predicted molar refractivity (Wildman–Crippen MR) is 228 cm³/mol. The van der Waals surface area contributed by atoms with Crippen LogP contribution in [0.5, 0.6) is 5.75 Å². The number of azo groups is 1. The molecule has 11 nitrogen and oxygen atoms in total. The summed E-state index contributed by atoms with van der Waals surface area (Å²) in [5, 5.41) is 21.5. The van der Waals surface area contributed by atoms with Crippen molar-refractivity contribution in [1.29, 1.82) is 0 Å². The van der Waals surface area contributed by atoms with E-state index in [1.165, 1.54) is 4.90 Å². The summed E-state index contributed by atoms with van der Waals surface area (Å²) in [5.74, 6) is -5.45. The van der Waals surface area contributed by atoms with Crippen LogP contribution >= 0.6 is 15.9 Å². The van der Waals surface area contributed by atoms with Gasteiger partial charge in [-0.3, -0.25) is 29.5 Å². The average Bonchev–Trinajstić information content (AvgIpc) is 3.63. The number of benzene rings is 5. The Morgan fingerprint density at radius 3 is 2.10 bits per heavy atom. The normalized spacial score (nSPS) is 24.9. The molecule has 5 aromatic rings. The second-order valence-electron chi connectivity index (χ2n) is 15.9. The Morgan fingerprint density at radius 1 is 0.780 bits per heavy atom. The number of carbonyl (C=O) groups excluding carboxylic acids is 4. The minimum Gasteiger partial charge on any atom is -0.508 e. The third kappa shape index (κ3) is 6.24. The van der Waals surface area contributed by atoms with E-state index in [2.05, 4.69) is 31.6 Å². The van der Waals surface area contributed by atoms with Gasteiger partial charge in [-0.15, -0.1) is 0 Å². The van der Waals surface area contributed by atoms with Crippen LogP contribution in [0.1, 0.15) is 35.4 Å². The van der Waals surface area contributed by atoms with Crippen molar-refractivity contribution in [3.63, 3.8) is 0 Å². The standard InChI is InChI=1S/C47H41BrN6O5/c1-27-9-12-32(13-10-27)51-54-44(57)39-26-37-35(42(38-25-29(48)11-24-40(38)55)47(39,46(54)59)28-7-5-4-6-8-28)22-23-36-41(37)45(58)53(43(36)56)34-20-16-31(17-21-34)50-49-30-14-18-33(19-15-30)52(2)3/h4-22,24-25,36-37,39,41-42,51,55H,23,26H2,1-3H3/t36-,37+,39-,41-,42+,47+/m0/s1. The van der Waals surface area contributed by atoms with Gasteiger partial charge in [0.2, 0.25) is 11.8 Å². The molecule has 0 aromatic heterocycles. The molecule has 2 heterocycles. The summed E-state index contributed by atoms with van der Waals surface area (Å²) in [5.41, 5.74) is 7.75. The van der Waals surface area contributed by atoms with Gasteiger partial charge < -0.3 is 10.0 Å². The number of nitrogens with zero attached hydrogens (tertiary/aromatic N) is 5. The fourth-order valence-electron chi connectivity index (χ4n) is 9.70. The van der Waals surface area contributed by atoms with Gasteiger partial charge in [-0.25, -0.2) is 0 Å². The second kappa shape index (κ2) is 14.8. The van der Waals surface area contributed by atoms with Crippen LogP contribution < -0.4 is 15.2 Å². The number of phenolic OH excluding ortho intramolecular Hbond substituents is 1. The van der Waals surface area contributed by atoms with Gasteiger partial charge in [0.1, 0.15) is 5.75 Å². The van der Waals surface area contributed by atoms with Gasteiger partial charge in [0.25, 0.3) is 11.8 Å². The summed E-state index contributed by atoms with van der Waals surface area (Å²) in [6, 6.07) is 36.3. The Kier molecular flexibility index (Phi) is 9.54. The van der Waals surface area contributed by atoms with Crippen molar-refractivity contribution in [2.75, 3.05) is 29.3 Å². The zero-order valence-electron chi connectivity index (χ0n) is 32.6. The lowest BCUT2D eigenvalue weighted by Crippen LogP contribution is -2.53. The van der Waals surface area contributed by atoms with Crippen LogP contribution in [0.15, 0.2) is 148 Å². The Hall–Kier alpha value is -6.40. The van der Waals surface area contributed by atoms with Crippen LogP contribution in [0.3, 0.4) is 0 Å². The van der Waals surface area contributed by atoms with Gasteiger partial charge in [0.05, 0.1) is 45.9 Å². The van der Waals surface area contributed by atoms with Crippen LogP contribution in [-0.4, -0.2) is 47.8 Å². The first kappa shape index (κ1) is 38.1. The van der Waals surface area contributed by atoms with Crippen molar-refractivity contribution >= 4 is 68.0 Å². The van der Waals surface area contributed by atoms with Crippen molar-refractivity contribution in [1.82, 2.24) is 5.01 Å². The van der Waals surface area contributed by atoms with Gasteiger partial charge >= 0.3 is 0 Å². The number of allylic oxidation sites excluding steroid dienone is 2. The number of halogens is 1. The molecule has 0 spiro atoms. The number of amides is 4. The average molecular weight is 850 g/mol. The topological polar surface area (TPSA) is 135 Å². The molecule has 3 fully saturated rings. The lowest BCUT2D eigenvalue weighted by molar-refractivity contribution is -0.138. The zero-order chi connectivity index (χ0) is 41.2. The quantitative estimate of drug-likeness (QED) is 0.0904. The lowest BCUT2D eigenvalue weighted by Gasteiger charge is -2.50. The molecule has 2 aliphatic heterocycles. The molecule has 0 radical (unpaired) electrons. The van der Waals surface area contributed by atoms with E-state index in [4.69, 9.17) is 0 Å². The van der Waals surface area contributed by atoms with Crippen molar-refractivity contribution in [2.45, 2.75) is 31.1 Å². The minimum absolute atomic E-state index is 0.0422. The minimum atomic E-state index is -1.49. The number of nitrogens with one attached hydrogen (secondary N) is 1. The highest BCUT2D eigenvalue weighted by Gasteiger charge is 2.70. The van der Waals surface area contributed by atoms with E-state index >= 15 is 4.79 Å². The zero-order valence-corrected chi connectivity index (χ0v) is 34.2. The van der Waals surface area contributed by atoms with Crippen LogP contribution in [0.2, 0.25) is 0 Å². The van der Waals surface area contributed by atoms with Gasteiger partial charge in [-0.1, -0.05) is 75.6 Å². The predicted octanol–water partition coefficient (Wildman–Crippen LogP) is 9.13. The number of carbonyl (C=O) groups is 4. The van der Waals surface area contributed by atoms with E-state index in [9.17, 15) is 19.5 Å². The molecule has 2 aliphatic carbocycles. The van der Waals surface area contributed by atoms with E-state index in [-0.39, 0.29) is 30.4 Å². The van der Waals surface area contributed by atoms with E-state index in [1.54, 1.807) is 42.5 Å². The maximum absolute atomic E-state index is 15.3. The van der Waals surface area contributed by atoms with Gasteiger partial charge in [0, 0.05) is 35.7 Å². The van der Waals surface area contributed by atoms with E-state index in [0.29, 0.717) is 38.3 Å². The largest absolute Gasteiger partial charge is 0.508 e. The highest BCUT2D eigenvalue weighted by atomic mass is 79.9. The highest BCUT2D eigenvalue weighted by molar-refractivity contribution is 9.10. The lowest BCUT2D eigenvalue weighted by atomic mass is 9.49. The van der Waals surface area contributed by atoms with Crippen molar-refractivity contribution < 1.29 is 24.3 Å². The molecule has 1 saturated carbocycles. The Morgan fingerprint density at radius 2 is 1.44 bits per heavy atom. The first-order valence-electron chi connectivity index (χ1n) is 19.6. The van der Waals surface area contributed by atoms with Crippen LogP contribution in [0.25, 0.3) is 0 Å². The number of hydrogen-bond donors (Lipinski definition) is 2. The number of phenols is 1. The molecule has 0 bridgehead atoms. The number of aryl methyl sites for hydroxylation is 1. The van der Waals surface area contributed by atoms with Gasteiger partial charge in [0.15, 0.2) is 0 Å². The number of imide groups is 2. The van der Waals surface area contributed by atoms with Gasteiger partial charge in [-0.05, 0) is 110 Å². The molecule has 296 valence electrons. The molecule has 4 amide bonds. The number of aromatic hydroxyl groups is 1. The smallest absolute Gasteiger partial charge is 0.260 e. The van der Waals surface area contributed by atoms with E-state index < -0.39 is 46.8 Å². The Labute approximate surface area is 350 Å². The molecule has 12 heteroatoms. The fourth-order valence-corrected chi connectivity index (χ4v) is 10.1. The van der Waals surface area contributed by atoms with Crippen LogP contribution in [0.4, 0.5) is 28.4 Å². The van der Waals surface area contributed by atoms with Crippen LogP contribution in [0, 0.1) is 30.6 Å². The first-order valence-corrected chi connectivity index (χ1v) is 20.4. The molecular weight excluding hydrogens is 808 g/mol. The van der Waals surface area contributed by atoms with E-state index in [0.717, 1.165) is 21.8 Å². The number of fused-ring (bicyclic) bond motifs is 4. The molecule has 59 heavy (non-hydrogen) atoms. The number of hydrogen-bond acceptors (Lipinski definition) is 9.